The maximum absolute atomic E-state index is 12.3. The van der Waals surface area contributed by atoms with Crippen LogP contribution in [0.3, 0.4) is 0 Å². The van der Waals surface area contributed by atoms with Gasteiger partial charge in [-0.1, -0.05) is 0 Å². The average molecular weight is 328 g/mol. The van der Waals surface area contributed by atoms with E-state index in [4.69, 9.17) is 4.74 Å². The molecule has 3 rings (SSSR count). The van der Waals surface area contributed by atoms with Crippen molar-refractivity contribution in [2.24, 2.45) is 7.05 Å². The molecule has 1 amide bonds. The molecule has 0 aliphatic heterocycles. The standard InChI is InChI=1S/C15H16N6O3/c1-9-7-11(20(3)18-9)17-12(22)8-24-15(23)13-10(2)19-21-6-4-5-16-14(13)21/h4-7H,8H2,1-3H3,(H,17,22). The number of aryl methyl sites for hydroxylation is 3. The lowest BCUT2D eigenvalue weighted by Gasteiger charge is -2.06. The average Bonchev–Trinajstić information content (AvgIpc) is 3.03. The zero-order valence-corrected chi connectivity index (χ0v) is 13.5. The number of carbonyl (C=O) groups excluding carboxylic acids is 2. The van der Waals surface area contributed by atoms with Gasteiger partial charge < -0.3 is 10.1 Å². The van der Waals surface area contributed by atoms with E-state index in [0.717, 1.165) is 5.69 Å². The highest BCUT2D eigenvalue weighted by Gasteiger charge is 2.20. The van der Waals surface area contributed by atoms with Crippen molar-refractivity contribution in [3.63, 3.8) is 0 Å². The van der Waals surface area contributed by atoms with Gasteiger partial charge in [-0.05, 0) is 19.9 Å². The molecule has 1 N–H and O–H groups in total. The molecule has 0 saturated heterocycles. The number of hydrogen-bond donors (Lipinski definition) is 1. The summed E-state index contributed by atoms with van der Waals surface area (Å²) < 4.78 is 8.11. The largest absolute Gasteiger partial charge is 0.452 e. The van der Waals surface area contributed by atoms with Gasteiger partial charge in [-0.25, -0.2) is 14.3 Å². The molecule has 0 aromatic carbocycles. The monoisotopic (exact) mass is 328 g/mol. The molecule has 0 spiro atoms. The van der Waals surface area contributed by atoms with Crippen LogP contribution in [0, 0.1) is 13.8 Å². The van der Waals surface area contributed by atoms with Gasteiger partial charge in [0.2, 0.25) is 0 Å². The highest BCUT2D eigenvalue weighted by Crippen LogP contribution is 2.14. The number of hydrogen-bond acceptors (Lipinski definition) is 6. The summed E-state index contributed by atoms with van der Waals surface area (Å²) in [6.45, 7) is 3.09. The topological polar surface area (TPSA) is 103 Å². The molecule has 0 saturated carbocycles. The molecule has 0 aliphatic carbocycles. The van der Waals surface area contributed by atoms with Crippen molar-refractivity contribution < 1.29 is 14.3 Å². The van der Waals surface area contributed by atoms with E-state index in [9.17, 15) is 9.59 Å². The Hall–Kier alpha value is -3.23. The normalized spacial score (nSPS) is 10.8. The van der Waals surface area contributed by atoms with Crippen molar-refractivity contribution in [2.45, 2.75) is 13.8 Å². The van der Waals surface area contributed by atoms with Crippen LogP contribution < -0.4 is 5.32 Å². The van der Waals surface area contributed by atoms with Crippen LogP contribution in [0.2, 0.25) is 0 Å². The van der Waals surface area contributed by atoms with Gasteiger partial charge >= 0.3 is 5.97 Å². The molecule has 0 aliphatic rings. The maximum atomic E-state index is 12.3. The molecule has 0 radical (unpaired) electrons. The third kappa shape index (κ3) is 2.96. The molecular formula is C15H16N6O3. The Bertz CT molecular complexity index is 927. The number of ether oxygens (including phenoxy) is 1. The zero-order valence-electron chi connectivity index (χ0n) is 13.5. The van der Waals surface area contributed by atoms with Gasteiger partial charge in [-0.3, -0.25) is 9.48 Å². The summed E-state index contributed by atoms with van der Waals surface area (Å²) in [5.41, 5.74) is 1.90. The lowest BCUT2D eigenvalue weighted by Crippen LogP contribution is -2.22. The van der Waals surface area contributed by atoms with Gasteiger partial charge in [0.05, 0.1) is 11.4 Å². The summed E-state index contributed by atoms with van der Waals surface area (Å²) in [4.78, 5) is 28.3. The first-order valence-electron chi connectivity index (χ1n) is 7.23. The van der Waals surface area contributed by atoms with E-state index in [-0.39, 0.29) is 5.56 Å². The maximum Gasteiger partial charge on any atom is 0.344 e. The summed E-state index contributed by atoms with van der Waals surface area (Å²) in [5.74, 6) is -0.562. The first-order valence-corrected chi connectivity index (χ1v) is 7.23. The fourth-order valence-electron chi connectivity index (χ4n) is 2.35. The van der Waals surface area contributed by atoms with E-state index in [1.807, 2.05) is 6.92 Å². The van der Waals surface area contributed by atoms with Gasteiger partial charge in [0.25, 0.3) is 5.91 Å². The molecular weight excluding hydrogens is 312 g/mol. The van der Waals surface area contributed by atoms with Gasteiger partial charge in [-0.15, -0.1) is 0 Å². The highest BCUT2D eigenvalue weighted by molar-refractivity contribution is 5.99. The molecule has 124 valence electrons. The third-order valence-corrected chi connectivity index (χ3v) is 3.38. The number of aromatic nitrogens is 5. The Morgan fingerprint density at radius 3 is 2.79 bits per heavy atom. The predicted molar refractivity (Wildman–Crippen MR) is 84.6 cm³/mol. The van der Waals surface area contributed by atoms with Crippen LogP contribution in [-0.2, 0) is 16.6 Å². The Morgan fingerprint density at radius 1 is 1.29 bits per heavy atom. The van der Waals surface area contributed by atoms with Crippen molar-refractivity contribution >= 4 is 23.3 Å². The number of fused-ring (bicyclic) bond motifs is 1. The molecule has 0 unspecified atom stereocenters. The number of amides is 1. The highest BCUT2D eigenvalue weighted by atomic mass is 16.5. The van der Waals surface area contributed by atoms with Gasteiger partial charge in [-0.2, -0.15) is 10.2 Å². The number of carbonyl (C=O) groups is 2. The van der Waals surface area contributed by atoms with E-state index in [0.29, 0.717) is 17.2 Å². The van der Waals surface area contributed by atoms with Crippen LogP contribution in [0.15, 0.2) is 24.5 Å². The molecule has 0 fully saturated rings. The van der Waals surface area contributed by atoms with E-state index in [1.54, 1.807) is 38.5 Å². The minimum absolute atomic E-state index is 0.250. The Kier molecular flexibility index (Phi) is 3.98. The van der Waals surface area contributed by atoms with Gasteiger partial charge in [0.1, 0.15) is 11.4 Å². The smallest absolute Gasteiger partial charge is 0.344 e. The number of nitrogens with one attached hydrogen (secondary N) is 1. The van der Waals surface area contributed by atoms with Crippen molar-refractivity contribution in [3.8, 4) is 0 Å². The first-order chi connectivity index (χ1) is 11.5. The summed E-state index contributed by atoms with van der Waals surface area (Å²) >= 11 is 0. The zero-order chi connectivity index (χ0) is 17.3. The van der Waals surface area contributed by atoms with Gasteiger partial charge in [0, 0.05) is 25.5 Å². The van der Waals surface area contributed by atoms with Crippen molar-refractivity contribution in [1.82, 2.24) is 24.4 Å². The lowest BCUT2D eigenvalue weighted by molar-refractivity contribution is -0.119. The molecule has 0 atom stereocenters. The van der Waals surface area contributed by atoms with E-state index < -0.39 is 18.5 Å². The van der Waals surface area contributed by atoms with Crippen LogP contribution in [0.5, 0.6) is 0 Å². The summed E-state index contributed by atoms with van der Waals surface area (Å²) in [6, 6.07) is 3.43. The molecule has 0 bridgehead atoms. The first kappa shape index (κ1) is 15.7. The summed E-state index contributed by atoms with van der Waals surface area (Å²) in [6.07, 6.45) is 3.24. The molecule has 24 heavy (non-hydrogen) atoms. The SMILES string of the molecule is Cc1cc(NC(=O)COC(=O)c2c(C)nn3cccnc23)n(C)n1. The second-order valence-corrected chi connectivity index (χ2v) is 5.27. The lowest BCUT2D eigenvalue weighted by atomic mass is 10.2. The summed E-state index contributed by atoms with van der Waals surface area (Å²) in [7, 11) is 1.71. The Balaban J connectivity index is 1.67. The predicted octanol–water partition coefficient (Wildman–Crippen LogP) is 0.875. The van der Waals surface area contributed by atoms with E-state index >= 15 is 0 Å². The van der Waals surface area contributed by atoms with Crippen molar-refractivity contribution in [2.75, 3.05) is 11.9 Å². The van der Waals surface area contributed by atoms with Crippen LogP contribution >= 0.6 is 0 Å². The van der Waals surface area contributed by atoms with Crippen molar-refractivity contribution in [1.29, 1.82) is 0 Å². The molecule has 3 heterocycles. The van der Waals surface area contributed by atoms with Crippen molar-refractivity contribution in [3.05, 3.63) is 41.5 Å². The molecule has 9 nitrogen and oxygen atoms in total. The third-order valence-electron chi connectivity index (χ3n) is 3.38. The fraction of sp³-hybridized carbons (Fsp3) is 0.267. The summed E-state index contributed by atoms with van der Waals surface area (Å²) in [5, 5.41) is 10.9. The van der Waals surface area contributed by atoms with Crippen LogP contribution in [0.25, 0.3) is 5.65 Å². The molecule has 9 heteroatoms. The fourth-order valence-corrected chi connectivity index (χ4v) is 2.35. The van der Waals surface area contributed by atoms with Crippen LogP contribution in [0.1, 0.15) is 21.7 Å². The minimum Gasteiger partial charge on any atom is -0.452 e. The number of rotatable bonds is 4. The number of nitrogens with zero attached hydrogens (tertiary/aromatic N) is 5. The van der Waals surface area contributed by atoms with E-state index in [1.165, 1.54) is 9.20 Å². The minimum atomic E-state index is -0.641. The number of esters is 1. The second-order valence-electron chi connectivity index (χ2n) is 5.27. The number of anilines is 1. The Morgan fingerprint density at radius 2 is 2.08 bits per heavy atom. The van der Waals surface area contributed by atoms with Crippen LogP contribution in [0.4, 0.5) is 5.82 Å². The van der Waals surface area contributed by atoms with Crippen LogP contribution in [-0.4, -0.2) is 42.9 Å². The molecule has 3 aromatic rings. The quantitative estimate of drug-likeness (QED) is 0.713. The second kappa shape index (κ2) is 6.11. The van der Waals surface area contributed by atoms with Gasteiger partial charge in [0.15, 0.2) is 12.3 Å². The van der Waals surface area contributed by atoms with E-state index in [2.05, 4.69) is 20.5 Å². The Labute approximate surface area is 137 Å². The molecule has 3 aromatic heterocycles.